The zero-order valence-electron chi connectivity index (χ0n) is 8.72. The molecule has 0 radical (unpaired) electrons. The van der Waals surface area contributed by atoms with Gasteiger partial charge in [0.25, 0.3) is 0 Å². The zero-order chi connectivity index (χ0) is 10.8. The average Bonchev–Trinajstić information content (AvgIpc) is 2.59. The van der Waals surface area contributed by atoms with Crippen LogP contribution in [-0.2, 0) is 13.0 Å². The van der Waals surface area contributed by atoms with Gasteiger partial charge in [-0.15, -0.1) is 11.3 Å². The summed E-state index contributed by atoms with van der Waals surface area (Å²) >= 11 is 7.90. The maximum Gasteiger partial charge on any atom is 0.0584 e. The Balaban J connectivity index is 2.68. The van der Waals surface area contributed by atoms with Crippen molar-refractivity contribution in [3.63, 3.8) is 0 Å². The van der Waals surface area contributed by atoms with Crippen molar-refractivity contribution in [2.24, 2.45) is 5.73 Å². The summed E-state index contributed by atoms with van der Waals surface area (Å²) in [6.07, 6.45) is 2.23. The SMILES string of the molecule is CCCc1c(CN)sc2c(Cl)cccc12. The first-order valence-corrected chi connectivity index (χ1v) is 6.36. The van der Waals surface area contributed by atoms with Crippen molar-refractivity contribution >= 4 is 33.0 Å². The van der Waals surface area contributed by atoms with Crippen LogP contribution in [0.4, 0.5) is 0 Å². The van der Waals surface area contributed by atoms with Crippen LogP contribution >= 0.6 is 22.9 Å². The Bertz CT molecular complexity index is 476. The van der Waals surface area contributed by atoms with Gasteiger partial charge in [0.15, 0.2) is 0 Å². The predicted octanol–water partition coefficient (Wildman–Crippen LogP) is 3.97. The number of hydrogen-bond donors (Lipinski definition) is 1. The van der Waals surface area contributed by atoms with E-state index in [2.05, 4.69) is 13.0 Å². The van der Waals surface area contributed by atoms with Crippen LogP contribution < -0.4 is 5.73 Å². The number of hydrogen-bond acceptors (Lipinski definition) is 2. The van der Waals surface area contributed by atoms with Gasteiger partial charge >= 0.3 is 0 Å². The van der Waals surface area contributed by atoms with Gasteiger partial charge < -0.3 is 5.73 Å². The normalized spacial score (nSPS) is 11.1. The van der Waals surface area contributed by atoms with E-state index >= 15 is 0 Å². The van der Waals surface area contributed by atoms with Crippen LogP contribution in [0.2, 0.25) is 5.02 Å². The fourth-order valence-electron chi connectivity index (χ4n) is 1.87. The molecular formula is C12H14ClNS. The molecule has 3 heteroatoms. The van der Waals surface area contributed by atoms with Crippen LogP contribution in [0.1, 0.15) is 23.8 Å². The Kier molecular flexibility index (Phi) is 3.29. The minimum absolute atomic E-state index is 0.616. The minimum atomic E-state index is 0.616. The quantitative estimate of drug-likeness (QED) is 0.862. The van der Waals surface area contributed by atoms with Crippen LogP contribution in [0, 0.1) is 0 Å². The molecule has 15 heavy (non-hydrogen) atoms. The smallest absolute Gasteiger partial charge is 0.0584 e. The molecule has 0 aliphatic heterocycles. The molecule has 1 heterocycles. The molecule has 2 N–H and O–H groups in total. The molecule has 1 nitrogen and oxygen atoms in total. The highest BCUT2D eigenvalue weighted by Crippen LogP contribution is 2.36. The lowest BCUT2D eigenvalue weighted by molar-refractivity contribution is 0.912. The van der Waals surface area contributed by atoms with E-state index < -0.39 is 0 Å². The van der Waals surface area contributed by atoms with E-state index in [1.165, 1.54) is 20.5 Å². The summed E-state index contributed by atoms with van der Waals surface area (Å²) in [5.74, 6) is 0. The van der Waals surface area contributed by atoms with Crippen molar-refractivity contribution in [1.29, 1.82) is 0 Å². The fourth-order valence-corrected chi connectivity index (χ4v) is 3.30. The second-order valence-electron chi connectivity index (χ2n) is 3.57. The van der Waals surface area contributed by atoms with Gasteiger partial charge in [0.2, 0.25) is 0 Å². The Labute approximate surface area is 98.9 Å². The van der Waals surface area contributed by atoms with Gasteiger partial charge in [-0.3, -0.25) is 0 Å². The molecule has 2 rings (SSSR count). The molecule has 0 unspecified atom stereocenters. The van der Waals surface area contributed by atoms with Gasteiger partial charge in [-0.1, -0.05) is 37.1 Å². The van der Waals surface area contributed by atoms with Crippen molar-refractivity contribution in [1.82, 2.24) is 0 Å². The number of nitrogens with two attached hydrogens (primary N) is 1. The summed E-state index contributed by atoms with van der Waals surface area (Å²) in [6.45, 7) is 2.80. The number of aryl methyl sites for hydroxylation is 1. The molecular weight excluding hydrogens is 226 g/mol. The van der Waals surface area contributed by atoms with Gasteiger partial charge in [-0.2, -0.15) is 0 Å². The fraction of sp³-hybridized carbons (Fsp3) is 0.333. The van der Waals surface area contributed by atoms with E-state index in [0.717, 1.165) is 17.9 Å². The minimum Gasteiger partial charge on any atom is -0.326 e. The number of rotatable bonds is 3. The molecule has 0 spiro atoms. The Hall–Kier alpha value is -0.570. The van der Waals surface area contributed by atoms with Gasteiger partial charge in [-0.25, -0.2) is 0 Å². The van der Waals surface area contributed by atoms with E-state index in [4.69, 9.17) is 17.3 Å². The standard InChI is InChI=1S/C12H14ClNS/c1-2-4-8-9-5-3-6-10(13)12(9)15-11(8)7-14/h3,5-6H,2,4,7,14H2,1H3. The van der Waals surface area contributed by atoms with Gasteiger partial charge in [0.1, 0.15) is 0 Å². The molecule has 0 aliphatic rings. The van der Waals surface area contributed by atoms with E-state index in [9.17, 15) is 0 Å². The molecule has 0 amide bonds. The van der Waals surface area contributed by atoms with Gasteiger partial charge in [0, 0.05) is 11.4 Å². The van der Waals surface area contributed by atoms with Crippen LogP contribution in [-0.4, -0.2) is 0 Å². The van der Waals surface area contributed by atoms with Crippen molar-refractivity contribution in [2.75, 3.05) is 0 Å². The van der Waals surface area contributed by atoms with Gasteiger partial charge in [0.05, 0.1) is 9.72 Å². The number of halogens is 1. The lowest BCUT2D eigenvalue weighted by Crippen LogP contribution is -1.97. The first-order chi connectivity index (χ1) is 7.27. The number of fused-ring (bicyclic) bond motifs is 1. The Morgan fingerprint density at radius 2 is 2.20 bits per heavy atom. The topological polar surface area (TPSA) is 26.0 Å². The summed E-state index contributed by atoms with van der Waals surface area (Å²) in [4.78, 5) is 1.28. The average molecular weight is 240 g/mol. The summed E-state index contributed by atoms with van der Waals surface area (Å²) < 4.78 is 1.18. The molecule has 1 aromatic heterocycles. The highest BCUT2D eigenvalue weighted by Gasteiger charge is 2.11. The van der Waals surface area contributed by atoms with Crippen LogP contribution in [0.25, 0.3) is 10.1 Å². The van der Waals surface area contributed by atoms with Crippen LogP contribution in [0.5, 0.6) is 0 Å². The first-order valence-electron chi connectivity index (χ1n) is 5.16. The Morgan fingerprint density at radius 3 is 2.87 bits per heavy atom. The van der Waals surface area contributed by atoms with E-state index in [-0.39, 0.29) is 0 Å². The molecule has 0 atom stereocenters. The number of benzene rings is 1. The third-order valence-corrected chi connectivity index (χ3v) is 4.27. The summed E-state index contributed by atoms with van der Waals surface area (Å²) in [7, 11) is 0. The second-order valence-corrected chi connectivity index (χ2v) is 5.09. The van der Waals surface area contributed by atoms with Crippen LogP contribution in [0.3, 0.4) is 0 Å². The molecule has 1 aromatic carbocycles. The van der Waals surface area contributed by atoms with Crippen molar-refractivity contribution in [3.05, 3.63) is 33.7 Å². The summed E-state index contributed by atoms with van der Waals surface area (Å²) in [5.41, 5.74) is 7.15. The predicted molar refractivity (Wildman–Crippen MR) is 68.7 cm³/mol. The van der Waals surface area contributed by atoms with Crippen molar-refractivity contribution in [3.8, 4) is 0 Å². The van der Waals surface area contributed by atoms with E-state index in [1.807, 2.05) is 12.1 Å². The summed E-state index contributed by atoms with van der Waals surface area (Å²) in [5, 5.41) is 2.13. The monoisotopic (exact) mass is 239 g/mol. The maximum atomic E-state index is 6.17. The van der Waals surface area contributed by atoms with Crippen molar-refractivity contribution < 1.29 is 0 Å². The Morgan fingerprint density at radius 1 is 1.40 bits per heavy atom. The zero-order valence-corrected chi connectivity index (χ0v) is 10.3. The molecule has 0 saturated heterocycles. The molecule has 0 saturated carbocycles. The first kappa shape index (κ1) is 10.9. The molecule has 0 aliphatic carbocycles. The van der Waals surface area contributed by atoms with E-state index in [0.29, 0.717) is 6.54 Å². The largest absolute Gasteiger partial charge is 0.326 e. The lowest BCUT2D eigenvalue weighted by Gasteiger charge is -2.00. The van der Waals surface area contributed by atoms with Crippen molar-refractivity contribution in [2.45, 2.75) is 26.3 Å². The lowest BCUT2D eigenvalue weighted by atomic mass is 10.1. The van der Waals surface area contributed by atoms with E-state index in [1.54, 1.807) is 11.3 Å². The maximum absolute atomic E-state index is 6.17. The molecule has 2 aromatic rings. The second kappa shape index (κ2) is 4.52. The molecule has 80 valence electrons. The molecule has 0 fully saturated rings. The highest BCUT2D eigenvalue weighted by molar-refractivity contribution is 7.20. The number of thiophene rings is 1. The highest BCUT2D eigenvalue weighted by atomic mass is 35.5. The molecule has 0 bridgehead atoms. The van der Waals surface area contributed by atoms with Gasteiger partial charge in [-0.05, 0) is 23.4 Å². The third-order valence-electron chi connectivity index (χ3n) is 2.54. The third kappa shape index (κ3) is 1.89. The summed E-state index contributed by atoms with van der Waals surface area (Å²) in [6, 6.07) is 6.09. The van der Waals surface area contributed by atoms with Crippen LogP contribution in [0.15, 0.2) is 18.2 Å².